The van der Waals surface area contributed by atoms with Crippen LogP contribution in [0.1, 0.15) is 24.5 Å². The zero-order chi connectivity index (χ0) is 16.0. The van der Waals surface area contributed by atoms with E-state index in [0.717, 1.165) is 24.3 Å². The van der Waals surface area contributed by atoms with E-state index in [2.05, 4.69) is 16.1 Å². The smallest absolute Gasteiger partial charge is 0.123 e. The number of aryl methyl sites for hydroxylation is 1. The molecule has 1 aromatic heterocycles. The molecule has 5 heteroatoms. The van der Waals surface area contributed by atoms with Crippen LogP contribution in [0, 0.1) is 11.7 Å². The first-order valence-corrected chi connectivity index (χ1v) is 8.39. The average molecular weight is 314 g/mol. The largest absolute Gasteiger partial charge is 0.329 e. The minimum Gasteiger partial charge on any atom is -0.329 e. The summed E-state index contributed by atoms with van der Waals surface area (Å²) < 4.78 is 15.1. The van der Waals surface area contributed by atoms with Crippen LogP contribution < -0.4 is 5.73 Å². The lowest BCUT2D eigenvalue weighted by Crippen LogP contribution is -2.55. The van der Waals surface area contributed by atoms with Crippen molar-refractivity contribution in [1.29, 1.82) is 0 Å². The Morgan fingerprint density at radius 1 is 1.30 bits per heavy atom. The Morgan fingerprint density at radius 2 is 2.09 bits per heavy atom. The molecule has 0 spiro atoms. The van der Waals surface area contributed by atoms with Crippen LogP contribution in [0.5, 0.6) is 0 Å². The molecule has 2 aromatic rings. The van der Waals surface area contributed by atoms with Gasteiger partial charge in [0.2, 0.25) is 0 Å². The number of nitrogens with zero attached hydrogens (tertiary/aromatic N) is 3. The molecule has 1 aromatic carbocycles. The molecule has 2 N–H and O–H groups in total. The maximum Gasteiger partial charge on any atom is 0.123 e. The van der Waals surface area contributed by atoms with Crippen LogP contribution in [0.2, 0.25) is 0 Å². The summed E-state index contributed by atoms with van der Waals surface area (Å²) in [6, 6.07) is 9.30. The average Bonchev–Trinajstić information content (AvgIpc) is 2.97. The van der Waals surface area contributed by atoms with Gasteiger partial charge in [0.05, 0.1) is 5.69 Å². The third-order valence-electron chi connectivity index (χ3n) is 5.59. The van der Waals surface area contributed by atoms with Gasteiger partial charge in [-0.1, -0.05) is 0 Å². The summed E-state index contributed by atoms with van der Waals surface area (Å²) in [7, 11) is 2.01. The van der Waals surface area contributed by atoms with E-state index in [9.17, 15) is 4.39 Å². The van der Waals surface area contributed by atoms with Gasteiger partial charge >= 0.3 is 0 Å². The van der Waals surface area contributed by atoms with Crippen molar-refractivity contribution in [3.63, 3.8) is 0 Å². The number of nitrogens with two attached hydrogens (primary N) is 1. The minimum absolute atomic E-state index is 0.213. The van der Waals surface area contributed by atoms with Gasteiger partial charge in [0, 0.05) is 43.4 Å². The first-order chi connectivity index (χ1) is 11.2. The minimum atomic E-state index is -0.213. The fourth-order valence-corrected chi connectivity index (χ4v) is 4.31. The molecule has 4 heterocycles. The molecular formula is C18H23FN4. The monoisotopic (exact) mass is 314 g/mol. The molecule has 4 nitrogen and oxygen atoms in total. The highest BCUT2D eigenvalue weighted by Gasteiger charge is 2.41. The summed E-state index contributed by atoms with van der Waals surface area (Å²) in [5, 5.41) is 4.66. The van der Waals surface area contributed by atoms with Crippen molar-refractivity contribution in [2.75, 3.05) is 19.6 Å². The molecule has 3 fully saturated rings. The highest BCUT2D eigenvalue weighted by molar-refractivity contribution is 5.59. The third kappa shape index (κ3) is 2.58. The van der Waals surface area contributed by atoms with Gasteiger partial charge in [-0.25, -0.2) is 4.39 Å². The molecule has 5 rings (SSSR count). The number of fused-ring (bicyclic) bond motifs is 3. The summed E-state index contributed by atoms with van der Waals surface area (Å²) in [6.45, 7) is 3.01. The van der Waals surface area contributed by atoms with E-state index in [1.807, 2.05) is 11.7 Å². The molecule has 3 saturated heterocycles. The van der Waals surface area contributed by atoms with Crippen molar-refractivity contribution in [3.8, 4) is 11.3 Å². The number of hydrogen-bond donors (Lipinski definition) is 1. The van der Waals surface area contributed by atoms with Crippen LogP contribution in [0.3, 0.4) is 0 Å². The summed E-state index contributed by atoms with van der Waals surface area (Å²) in [4.78, 5) is 2.54. The molecule has 3 aliphatic heterocycles. The van der Waals surface area contributed by atoms with Crippen molar-refractivity contribution in [1.82, 2.24) is 14.7 Å². The molecular weight excluding hydrogens is 291 g/mol. The van der Waals surface area contributed by atoms with E-state index >= 15 is 0 Å². The fourth-order valence-electron chi connectivity index (χ4n) is 4.31. The zero-order valence-corrected chi connectivity index (χ0v) is 13.5. The van der Waals surface area contributed by atoms with Gasteiger partial charge in [-0.05, 0) is 55.6 Å². The summed E-state index contributed by atoms with van der Waals surface area (Å²) in [5.74, 6) is 1.01. The molecule has 23 heavy (non-hydrogen) atoms. The Labute approximate surface area is 136 Å². The van der Waals surface area contributed by atoms with Gasteiger partial charge in [0.15, 0.2) is 0 Å². The van der Waals surface area contributed by atoms with Crippen LogP contribution in [0.4, 0.5) is 4.39 Å². The molecule has 4 unspecified atom stereocenters. The third-order valence-corrected chi connectivity index (χ3v) is 5.59. The van der Waals surface area contributed by atoms with Gasteiger partial charge in [-0.15, -0.1) is 0 Å². The fraction of sp³-hybridized carbons (Fsp3) is 0.500. The number of hydrogen-bond acceptors (Lipinski definition) is 3. The Balaban J connectivity index is 1.62. The summed E-state index contributed by atoms with van der Waals surface area (Å²) >= 11 is 0. The van der Waals surface area contributed by atoms with Crippen LogP contribution in [-0.2, 0) is 7.05 Å². The predicted octanol–water partition coefficient (Wildman–Crippen LogP) is 2.36. The second-order valence-electron chi connectivity index (χ2n) is 6.86. The number of piperidine rings is 3. The van der Waals surface area contributed by atoms with Gasteiger partial charge < -0.3 is 5.73 Å². The highest BCUT2D eigenvalue weighted by atomic mass is 19.1. The first-order valence-electron chi connectivity index (χ1n) is 8.39. The molecule has 0 saturated carbocycles. The normalized spacial score (nSPS) is 29.9. The zero-order valence-electron chi connectivity index (χ0n) is 13.5. The summed E-state index contributed by atoms with van der Waals surface area (Å²) in [6.07, 6.45) is 2.44. The molecule has 3 aliphatic rings. The first kappa shape index (κ1) is 14.8. The van der Waals surface area contributed by atoms with Gasteiger partial charge in [-0.2, -0.15) is 5.10 Å². The van der Waals surface area contributed by atoms with Crippen molar-refractivity contribution in [2.45, 2.75) is 24.8 Å². The Kier molecular flexibility index (Phi) is 3.70. The quantitative estimate of drug-likeness (QED) is 0.946. The lowest BCUT2D eigenvalue weighted by molar-refractivity contribution is 0.0322. The standard InChI is InChI=1S/C18H23FN4/c1-22-18(9-17(21-22)12-2-4-14(19)5-3-12)16-11-23-7-6-13(16)8-15(23)10-20/h2-5,9,13,15-16H,6-8,10-11,20H2,1H3. The lowest BCUT2D eigenvalue weighted by Gasteiger charge is -2.49. The van der Waals surface area contributed by atoms with Crippen LogP contribution in [-0.4, -0.2) is 40.4 Å². The van der Waals surface area contributed by atoms with E-state index in [1.165, 1.54) is 37.2 Å². The number of benzene rings is 1. The van der Waals surface area contributed by atoms with Gasteiger partial charge in [0.25, 0.3) is 0 Å². The molecule has 122 valence electrons. The maximum absolute atomic E-state index is 13.1. The Hall–Kier alpha value is -1.72. The highest BCUT2D eigenvalue weighted by Crippen LogP contribution is 2.42. The van der Waals surface area contributed by atoms with Crippen LogP contribution in [0.15, 0.2) is 30.3 Å². The second kappa shape index (κ2) is 5.73. The van der Waals surface area contributed by atoms with E-state index in [0.29, 0.717) is 17.9 Å². The van der Waals surface area contributed by atoms with E-state index < -0.39 is 0 Å². The number of rotatable bonds is 3. The van der Waals surface area contributed by atoms with Crippen molar-refractivity contribution in [2.24, 2.45) is 18.7 Å². The topological polar surface area (TPSA) is 47.1 Å². The van der Waals surface area contributed by atoms with Crippen LogP contribution >= 0.6 is 0 Å². The van der Waals surface area contributed by atoms with E-state index in [4.69, 9.17) is 5.73 Å². The Bertz CT molecular complexity index is 694. The summed E-state index contributed by atoms with van der Waals surface area (Å²) in [5.41, 5.74) is 9.09. The molecule has 0 amide bonds. The van der Waals surface area contributed by atoms with Crippen molar-refractivity contribution in [3.05, 3.63) is 41.8 Å². The van der Waals surface area contributed by atoms with Crippen LogP contribution in [0.25, 0.3) is 11.3 Å². The van der Waals surface area contributed by atoms with Gasteiger partial charge in [-0.3, -0.25) is 9.58 Å². The second-order valence-corrected chi connectivity index (χ2v) is 6.86. The van der Waals surface area contributed by atoms with Crippen molar-refractivity contribution < 1.29 is 4.39 Å². The predicted molar refractivity (Wildman–Crippen MR) is 88.5 cm³/mol. The molecule has 4 atom stereocenters. The lowest BCUT2D eigenvalue weighted by atomic mass is 9.74. The number of halogens is 1. The number of aromatic nitrogens is 2. The van der Waals surface area contributed by atoms with E-state index in [1.54, 1.807) is 12.1 Å². The maximum atomic E-state index is 13.1. The molecule has 0 aliphatic carbocycles. The van der Waals surface area contributed by atoms with Gasteiger partial charge in [0.1, 0.15) is 5.82 Å². The molecule has 2 bridgehead atoms. The van der Waals surface area contributed by atoms with Crippen molar-refractivity contribution >= 4 is 0 Å². The Morgan fingerprint density at radius 3 is 2.74 bits per heavy atom. The SMILES string of the molecule is Cn1nc(-c2ccc(F)cc2)cc1C1CN2CCC1CC2CN. The molecule has 0 radical (unpaired) electrons. The van der Waals surface area contributed by atoms with E-state index in [-0.39, 0.29) is 5.82 Å².